The van der Waals surface area contributed by atoms with Gasteiger partial charge in [-0.3, -0.25) is 0 Å². The average Bonchev–Trinajstić information content (AvgIpc) is 3.65. The molecule has 2 aromatic heterocycles. The Labute approximate surface area is 304 Å². The normalized spacial score (nSPS) is 14.6. The molecule has 0 saturated heterocycles. The number of nitrogens with zero attached hydrogens (tertiary/aromatic N) is 4. The molecule has 0 aliphatic heterocycles. The molecule has 3 aromatic carbocycles. The number of rotatable bonds is 12. The predicted molar refractivity (Wildman–Crippen MR) is 208 cm³/mol. The molecule has 266 valence electrons. The number of hydrogen-bond donors (Lipinski definition) is 1. The van der Waals surface area contributed by atoms with E-state index < -0.39 is 39.4 Å². The summed E-state index contributed by atoms with van der Waals surface area (Å²) in [5.74, 6) is 0.544. The van der Waals surface area contributed by atoms with Crippen molar-refractivity contribution < 1.29 is 17.4 Å². The molecule has 9 nitrogen and oxygen atoms in total. The van der Waals surface area contributed by atoms with Crippen LogP contribution in [0.25, 0.3) is 21.9 Å². The van der Waals surface area contributed by atoms with Crippen LogP contribution in [0, 0.1) is 25.2 Å². The Balaban J connectivity index is 1.83. The van der Waals surface area contributed by atoms with E-state index in [4.69, 9.17) is 9.72 Å². The smallest absolute Gasteiger partial charge is 0.268 e. The predicted octanol–water partition coefficient (Wildman–Crippen LogP) is 8.07. The summed E-state index contributed by atoms with van der Waals surface area (Å²) in [6.45, 7) is 19.2. The van der Waals surface area contributed by atoms with Crippen LogP contribution in [-0.4, -0.2) is 51.8 Å². The highest BCUT2D eigenvalue weighted by Gasteiger charge is 2.42. The van der Waals surface area contributed by atoms with Crippen molar-refractivity contribution in [2.45, 2.75) is 94.0 Å². The Kier molecular flexibility index (Phi) is 10.7. The number of imidazole rings is 1. The van der Waals surface area contributed by atoms with Crippen molar-refractivity contribution in [3.63, 3.8) is 0 Å². The third kappa shape index (κ3) is 7.38. The molecular weight excluding hydrogens is 703 g/mol. The molecule has 13 heteroatoms. The van der Waals surface area contributed by atoms with E-state index in [1.54, 1.807) is 42.6 Å². The van der Waals surface area contributed by atoms with Crippen LogP contribution in [0.4, 0.5) is 0 Å². The van der Waals surface area contributed by atoms with Gasteiger partial charge in [-0.25, -0.2) is 26.3 Å². The van der Waals surface area contributed by atoms with E-state index in [0.717, 1.165) is 33.1 Å². The highest BCUT2D eigenvalue weighted by atomic mass is 32.2. The Bertz CT molecular complexity index is 2240. The SMILES string of the molecule is CSc1cc(C)c2c(ccn2S(=O)(=O)c2ccc(C)cc2)c1C(C)(NS(=O)C(C)(C)C)c1nc2cc(C#N)ccc2n1COCC[Si](C)(C)C. The number of aryl methyl sites for hydroxylation is 2. The second-order valence-corrected chi connectivity index (χ2v) is 25.3. The van der Waals surface area contributed by atoms with E-state index in [-0.39, 0.29) is 11.6 Å². The molecule has 1 N–H and O–H groups in total. The van der Waals surface area contributed by atoms with Gasteiger partial charge in [0, 0.05) is 36.7 Å². The van der Waals surface area contributed by atoms with E-state index in [2.05, 4.69) is 30.4 Å². The summed E-state index contributed by atoms with van der Waals surface area (Å²) in [5.41, 5.74) is 3.67. The van der Waals surface area contributed by atoms with Crippen LogP contribution >= 0.6 is 11.8 Å². The lowest BCUT2D eigenvalue weighted by Gasteiger charge is -2.35. The monoisotopic (exact) mass is 749 g/mol. The second-order valence-electron chi connectivity index (χ2n) is 15.1. The van der Waals surface area contributed by atoms with E-state index in [1.165, 1.54) is 15.7 Å². The molecule has 2 heterocycles. The van der Waals surface area contributed by atoms with Crippen LogP contribution in [0.15, 0.2) is 70.6 Å². The number of nitriles is 1. The fourth-order valence-corrected chi connectivity index (χ4v) is 9.82. The minimum absolute atomic E-state index is 0.189. The van der Waals surface area contributed by atoms with Gasteiger partial charge in [-0.2, -0.15) is 5.26 Å². The van der Waals surface area contributed by atoms with Crippen LogP contribution in [0.5, 0.6) is 0 Å². The first-order chi connectivity index (χ1) is 23.3. The average molecular weight is 750 g/mol. The van der Waals surface area contributed by atoms with Gasteiger partial charge < -0.3 is 9.30 Å². The molecular formula is C37H47N5O4S3Si. The van der Waals surface area contributed by atoms with Crippen molar-refractivity contribution in [3.8, 4) is 6.07 Å². The van der Waals surface area contributed by atoms with Crippen molar-refractivity contribution in [1.29, 1.82) is 5.26 Å². The molecule has 2 atom stereocenters. The van der Waals surface area contributed by atoms with Crippen molar-refractivity contribution in [2.75, 3.05) is 12.9 Å². The van der Waals surface area contributed by atoms with E-state index >= 15 is 0 Å². The molecule has 0 spiro atoms. The van der Waals surface area contributed by atoms with Crippen LogP contribution in [0.1, 0.15) is 55.8 Å². The zero-order valence-electron chi connectivity index (χ0n) is 30.5. The van der Waals surface area contributed by atoms with Crippen molar-refractivity contribution in [3.05, 3.63) is 88.9 Å². The Hall–Kier alpha value is -3.25. The number of fused-ring (bicyclic) bond motifs is 2. The summed E-state index contributed by atoms with van der Waals surface area (Å²) in [5, 5.41) is 10.4. The second kappa shape index (κ2) is 14.0. The minimum atomic E-state index is -3.96. The zero-order chi connectivity index (χ0) is 36.8. The molecule has 5 rings (SSSR count). The van der Waals surface area contributed by atoms with Gasteiger partial charge >= 0.3 is 0 Å². The highest BCUT2D eigenvalue weighted by molar-refractivity contribution is 7.98. The zero-order valence-corrected chi connectivity index (χ0v) is 34.0. The largest absolute Gasteiger partial charge is 0.361 e. The molecule has 0 bridgehead atoms. The molecule has 0 saturated carbocycles. The van der Waals surface area contributed by atoms with Gasteiger partial charge in [-0.1, -0.05) is 37.3 Å². The minimum Gasteiger partial charge on any atom is -0.361 e. The summed E-state index contributed by atoms with van der Waals surface area (Å²) in [7, 11) is -6.92. The summed E-state index contributed by atoms with van der Waals surface area (Å²) >= 11 is 1.53. The first-order valence-electron chi connectivity index (χ1n) is 16.5. The number of ether oxygens (including phenoxy) is 1. The fourth-order valence-electron chi connectivity index (χ4n) is 5.97. The molecule has 0 amide bonds. The Morgan fingerprint density at radius 3 is 2.32 bits per heavy atom. The molecule has 0 fully saturated rings. The number of thioether (sulfide) groups is 1. The fraction of sp³-hybridized carbons (Fsp3) is 0.405. The van der Waals surface area contributed by atoms with Gasteiger partial charge in [0.05, 0.1) is 48.8 Å². The standard InChI is InChI=1S/C37H47N5O4S3Si/c1-25-11-14-28(15-12-25)49(44,45)42-18-17-29-33(32(47-7)21-26(2)34(29)42)37(6,40-48(43)36(3,4)5)35-39-30-22-27(23-38)13-16-31(30)41(35)24-46-19-20-50(8,9)10/h11-18,21-22,40H,19-20,24H2,1-10H3. The molecule has 50 heavy (non-hydrogen) atoms. The van der Waals surface area contributed by atoms with Gasteiger partial charge in [-0.15, -0.1) is 11.8 Å². The number of aromatic nitrogens is 3. The lowest BCUT2D eigenvalue weighted by atomic mass is 9.88. The van der Waals surface area contributed by atoms with Crippen LogP contribution in [0.2, 0.25) is 25.7 Å². The molecule has 0 aliphatic rings. The third-order valence-corrected chi connectivity index (χ3v) is 14.6. The third-order valence-electron chi connectivity index (χ3n) is 8.78. The molecule has 0 radical (unpaired) electrons. The first-order valence-corrected chi connectivity index (χ1v) is 24.0. The van der Waals surface area contributed by atoms with E-state index in [0.29, 0.717) is 34.4 Å². The van der Waals surface area contributed by atoms with Crippen LogP contribution in [-0.2, 0) is 38.0 Å². The van der Waals surface area contributed by atoms with Gasteiger partial charge in [0.2, 0.25) is 0 Å². The van der Waals surface area contributed by atoms with E-state index in [1.807, 2.05) is 70.6 Å². The van der Waals surface area contributed by atoms with Gasteiger partial charge in [0.15, 0.2) is 0 Å². The first kappa shape index (κ1) is 38.0. The summed E-state index contributed by atoms with van der Waals surface area (Å²) < 4.78 is 55.0. The Morgan fingerprint density at radius 2 is 1.72 bits per heavy atom. The maximum absolute atomic E-state index is 14.2. The Morgan fingerprint density at radius 1 is 1.04 bits per heavy atom. The van der Waals surface area contributed by atoms with E-state index in [9.17, 15) is 17.9 Å². The summed E-state index contributed by atoms with van der Waals surface area (Å²) in [6.07, 6.45) is 3.58. The molecule has 2 unspecified atom stereocenters. The van der Waals surface area contributed by atoms with Gasteiger partial charge in [0.1, 0.15) is 18.1 Å². The lowest BCUT2D eigenvalue weighted by Crippen LogP contribution is -2.49. The van der Waals surface area contributed by atoms with Gasteiger partial charge in [-0.05, 0) is 102 Å². The maximum atomic E-state index is 14.2. The lowest BCUT2D eigenvalue weighted by molar-refractivity contribution is 0.0857. The number of benzene rings is 3. The van der Waals surface area contributed by atoms with Crippen molar-refractivity contribution in [2.24, 2.45) is 0 Å². The topological polar surface area (TPSA) is 119 Å². The van der Waals surface area contributed by atoms with Gasteiger partial charge in [0.25, 0.3) is 10.0 Å². The number of nitrogens with one attached hydrogen (secondary N) is 1. The quantitative estimate of drug-likeness (QED) is 0.0779. The summed E-state index contributed by atoms with van der Waals surface area (Å²) in [6, 6.07) is 19.2. The summed E-state index contributed by atoms with van der Waals surface area (Å²) in [4.78, 5) is 6.23. The highest BCUT2D eigenvalue weighted by Crippen LogP contribution is 2.44. The van der Waals surface area contributed by atoms with Crippen molar-refractivity contribution >= 4 is 62.8 Å². The number of hydrogen-bond acceptors (Lipinski definition) is 7. The maximum Gasteiger partial charge on any atom is 0.268 e. The molecule has 0 aliphatic carbocycles. The molecule has 5 aromatic rings. The van der Waals surface area contributed by atoms with Crippen LogP contribution in [0.3, 0.4) is 0 Å². The van der Waals surface area contributed by atoms with Crippen LogP contribution < -0.4 is 4.72 Å². The van der Waals surface area contributed by atoms with Crippen molar-refractivity contribution in [1.82, 2.24) is 18.2 Å².